The molecular formula is C28H33NO3. The Bertz CT molecular complexity index is 959. The second-order valence-corrected chi connectivity index (χ2v) is 9.97. The Morgan fingerprint density at radius 3 is 2.25 bits per heavy atom. The number of aliphatic hydroxyl groups is 1. The van der Waals surface area contributed by atoms with Crippen LogP contribution in [0.15, 0.2) is 60.7 Å². The van der Waals surface area contributed by atoms with Crippen LogP contribution in [-0.4, -0.2) is 34.3 Å². The first-order valence-corrected chi connectivity index (χ1v) is 12.3. The molecule has 5 rings (SSSR count). The highest BCUT2D eigenvalue weighted by Crippen LogP contribution is 2.48. The smallest absolute Gasteiger partial charge is 0.225 e. The highest BCUT2D eigenvalue weighted by molar-refractivity contribution is 5.98. The number of piperidine rings is 1. The van der Waals surface area contributed by atoms with Crippen molar-refractivity contribution in [3.8, 4) is 0 Å². The van der Waals surface area contributed by atoms with E-state index < -0.39 is 5.60 Å². The molecule has 2 aromatic carbocycles. The zero-order valence-corrected chi connectivity index (χ0v) is 18.7. The van der Waals surface area contributed by atoms with Crippen molar-refractivity contribution in [2.45, 2.75) is 63.0 Å². The number of rotatable bonds is 4. The van der Waals surface area contributed by atoms with Crippen molar-refractivity contribution >= 4 is 11.7 Å². The Morgan fingerprint density at radius 2 is 1.50 bits per heavy atom. The number of Topliss-reactive ketones (excluding diaryl/α,β-unsaturated/α-hetero) is 1. The molecule has 3 aliphatic rings. The molecule has 0 radical (unpaired) electrons. The lowest BCUT2D eigenvalue weighted by Gasteiger charge is -2.53. The number of benzene rings is 2. The van der Waals surface area contributed by atoms with Gasteiger partial charge < -0.3 is 10.0 Å². The fourth-order valence-corrected chi connectivity index (χ4v) is 6.56. The van der Waals surface area contributed by atoms with Crippen molar-refractivity contribution in [1.29, 1.82) is 0 Å². The van der Waals surface area contributed by atoms with Gasteiger partial charge in [-0.05, 0) is 44.1 Å². The largest absolute Gasteiger partial charge is 0.385 e. The van der Waals surface area contributed by atoms with Crippen molar-refractivity contribution in [3.05, 3.63) is 71.8 Å². The van der Waals surface area contributed by atoms with Crippen LogP contribution >= 0.6 is 0 Å². The molecule has 2 saturated carbocycles. The number of fused-ring (bicyclic) bond motifs is 1. The van der Waals surface area contributed by atoms with Gasteiger partial charge in [-0.25, -0.2) is 0 Å². The number of hydrogen-bond donors (Lipinski definition) is 1. The number of likely N-dealkylation sites (tertiary alicyclic amines) is 1. The van der Waals surface area contributed by atoms with Gasteiger partial charge in [0.1, 0.15) is 0 Å². The first-order valence-electron chi connectivity index (χ1n) is 12.3. The molecule has 0 aromatic heterocycles. The van der Waals surface area contributed by atoms with Gasteiger partial charge in [0.2, 0.25) is 5.91 Å². The molecule has 5 atom stereocenters. The van der Waals surface area contributed by atoms with Crippen LogP contribution in [-0.2, 0) is 10.4 Å². The summed E-state index contributed by atoms with van der Waals surface area (Å²) in [5.74, 6) is 0.339. The van der Waals surface area contributed by atoms with Gasteiger partial charge in [-0.1, -0.05) is 73.5 Å². The summed E-state index contributed by atoms with van der Waals surface area (Å²) in [6.45, 7) is 0.596. The zero-order chi connectivity index (χ0) is 22.1. The average molecular weight is 432 g/mol. The molecule has 1 heterocycles. The second kappa shape index (κ2) is 8.82. The van der Waals surface area contributed by atoms with Crippen LogP contribution in [0.1, 0.15) is 67.3 Å². The number of ketones is 1. The van der Waals surface area contributed by atoms with Crippen molar-refractivity contribution in [2.24, 2.45) is 17.8 Å². The van der Waals surface area contributed by atoms with E-state index in [1.807, 2.05) is 60.7 Å². The van der Waals surface area contributed by atoms with E-state index in [1.54, 1.807) is 0 Å². The van der Waals surface area contributed by atoms with E-state index in [0.717, 1.165) is 49.7 Å². The summed E-state index contributed by atoms with van der Waals surface area (Å²) in [5.41, 5.74) is 0.882. The summed E-state index contributed by atoms with van der Waals surface area (Å²) in [6, 6.07) is 19.6. The predicted molar refractivity (Wildman–Crippen MR) is 124 cm³/mol. The van der Waals surface area contributed by atoms with Crippen LogP contribution in [0.3, 0.4) is 0 Å². The molecule has 1 N–H and O–H groups in total. The van der Waals surface area contributed by atoms with Crippen LogP contribution in [0.2, 0.25) is 0 Å². The molecule has 0 bridgehead atoms. The number of carbonyl (C=O) groups is 2. The maximum atomic E-state index is 13.6. The summed E-state index contributed by atoms with van der Waals surface area (Å²) in [6.07, 6.45) is 6.96. The quantitative estimate of drug-likeness (QED) is 0.696. The molecule has 4 heteroatoms. The Labute approximate surface area is 190 Å². The highest BCUT2D eigenvalue weighted by atomic mass is 16.3. The monoisotopic (exact) mass is 431 g/mol. The predicted octanol–water partition coefficient (Wildman–Crippen LogP) is 4.96. The minimum Gasteiger partial charge on any atom is -0.385 e. The van der Waals surface area contributed by atoms with Gasteiger partial charge >= 0.3 is 0 Å². The Hall–Kier alpha value is -2.46. The van der Waals surface area contributed by atoms with Crippen LogP contribution in [0.5, 0.6) is 0 Å². The Balaban J connectivity index is 1.31. The molecule has 1 saturated heterocycles. The molecule has 3 fully saturated rings. The summed E-state index contributed by atoms with van der Waals surface area (Å²) in [4.78, 5) is 28.6. The third-order valence-corrected chi connectivity index (χ3v) is 8.24. The van der Waals surface area contributed by atoms with E-state index >= 15 is 0 Å². The maximum absolute atomic E-state index is 13.6. The first-order chi connectivity index (χ1) is 15.6. The lowest BCUT2D eigenvalue weighted by molar-refractivity contribution is -0.158. The van der Waals surface area contributed by atoms with E-state index in [4.69, 9.17) is 0 Å². The zero-order valence-electron chi connectivity index (χ0n) is 18.7. The molecular weight excluding hydrogens is 398 g/mol. The van der Waals surface area contributed by atoms with Gasteiger partial charge in [0.05, 0.1) is 5.60 Å². The van der Waals surface area contributed by atoms with Crippen LogP contribution in [0.4, 0.5) is 0 Å². The normalized spacial score (nSPS) is 32.3. The fourth-order valence-electron chi connectivity index (χ4n) is 6.56. The van der Waals surface area contributed by atoms with Gasteiger partial charge in [-0.2, -0.15) is 0 Å². The van der Waals surface area contributed by atoms with E-state index in [-0.39, 0.29) is 35.5 Å². The SMILES string of the molecule is O=C(c1ccccc1)C1CCC(C(=O)N2CC[C@@](O)(c3ccccc3)[C@@H]3CCCC[C@H]32)C1. The summed E-state index contributed by atoms with van der Waals surface area (Å²) >= 11 is 0. The maximum Gasteiger partial charge on any atom is 0.225 e. The molecule has 2 aliphatic carbocycles. The fraction of sp³-hybridized carbons (Fsp3) is 0.500. The molecule has 1 aliphatic heterocycles. The van der Waals surface area contributed by atoms with Crippen LogP contribution in [0, 0.1) is 17.8 Å². The summed E-state index contributed by atoms with van der Waals surface area (Å²) in [5, 5.41) is 11.8. The van der Waals surface area contributed by atoms with Gasteiger partial charge in [-0.15, -0.1) is 0 Å². The lowest BCUT2D eigenvalue weighted by atomic mass is 9.66. The van der Waals surface area contributed by atoms with Gasteiger partial charge in [0, 0.05) is 35.9 Å². The number of carbonyl (C=O) groups excluding carboxylic acids is 2. The standard InChI is InChI=1S/C28H33NO3/c30-26(20-9-3-1-4-10-20)21-15-16-22(19-21)27(31)29-18-17-28(32,23-11-5-2-6-12-23)24-13-7-8-14-25(24)29/h1-6,9-12,21-22,24-25,32H,7-8,13-19H2/t21?,22?,24-,25-,28-/m1/s1. The minimum atomic E-state index is -0.857. The van der Waals surface area contributed by atoms with Crippen molar-refractivity contribution in [3.63, 3.8) is 0 Å². The van der Waals surface area contributed by atoms with E-state index in [0.29, 0.717) is 19.4 Å². The molecule has 2 unspecified atom stereocenters. The average Bonchev–Trinajstić information content (AvgIpc) is 3.35. The summed E-state index contributed by atoms with van der Waals surface area (Å²) in [7, 11) is 0. The number of hydrogen-bond acceptors (Lipinski definition) is 3. The van der Waals surface area contributed by atoms with E-state index in [1.165, 1.54) is 0 Å². The van der Waals surface area contributed by atoms with Crippen molar-refractivity contribution in [2.75, 3.05) is 6.54 Å². The Kier molecular flexibility index (Phi) is 5.90. The molecule has 0 spiro atoms. The summed E-state index contributed by atoms with van der Waals surface area (Å²) < 4.78 is 0. The minimum absolute atomic E-state index is 0.0560. The van der Waals surface area contributed by atoms with Crippen molar-refractivity contribution in [1.82, 2.24) is 4.90 Å². The van der Waals surface area contributed by atoms with Crippen LogP contribution < -0.4 is 0 Å². The van der Waals surface area contributed by atoms with Gasteiger partial charge in [-0.3, -0.25) is 9.59 Å². The van der Waals surface area contributed by atoms with Gasteiger partial charge in [0.25, 0.3) is 0 Å². The molecule has 2 aromatic rings. The number of amides is 1. The third-order valence-electron chi connectivity index (χ3n) is 8.24. The molecule has 168 valence electrons. The topological polar surface area (TPSA) is 57.6 Å². The second-order valence-electron chi connectivity index (χ2n) is 9.97. The lowest BCUT2D eigenvalue weighted by Crippen LogP contribution is -2.59. The molecule has 1 amide bonds. The van der Waals surface area contributed by atoms with Crippen molar-refractivity contribution < 1.29 is 14.7 Å². The number of nitrogens with zero attached hydrogens (tertiary/aromatic N) is 1. The first kappa shape index (κ1) is 21.4. The van der Waals surface area contributed by atoms with Crippen LogP contribution in [0.25, 0.3) is 0 Å². The highest BCUT2D eigenvalue weighted by Gasteiger charge is 2.51. The third kappa shape index (κ3) is 3.79. The Morgan fingerprint density at radius 1 is 0.844 bits per heavy atom. The molecule has 32 heavy (non-hydrogen) atoms. The van der Waals surface area contributed by atoms with Gasteiger partial charge in [0.15, 0.2) is 5.78 Å². The van der Waals surface area contributed by atoms with E-state index in [9.17, 15) is 14.7 Å². The van der Waals surface area contributed by atoms with E-state index in [2.05, 4.69) is 4.90 Å². The molecule has 4 nitrogen and oxygen atoms in total.